The molecule has 0 unspecified atom stereocenters. The van der Waals surface area contributed by atoms with Gasteiger partial charge in [0.15, 0.2) is 5.75 Å². The number of imide groups is 1. The highest BCUT2D eigenvalue weighted by Crippen LogP contribution is 2.39. The first-order valence-corrected chi connectivity index (χ1v) is 11.5. The van der Waals surface area contributed by atoms with Gasteiger partial charge in [0.25, 0.3) is 11.1 Å². The SMILES string of the molecule is O=C1S/C(=C/c2cc(Cl)c(OCc3ccccc3)c(Br)c2)C(=O)N1c1ccc(Cl)cc1. The molecule has 0 radical (unpaired) electrons. The fourth-order valence-corrected chi connectivity index (χ4v) is 4.92. The minimum Gasteiger partial charge on any atom is -0.486 e. The van der Waals surface area contributed by atoms with E-state index in [1.165, 1.54) is 0 Å². The van der Waals surface area contributed by atoms with Crippen molar-refractivity contribution in [1.29, 1.82) is 0 Å². The zero-order valence-corrected chi connectivity index (χ0v) is 19.8. The number of thioether (sulfide) groups is 1. The number of anilines is 1. The van der Waals surface area contributed by atoms with Crippen molar-refractivity contribution in [3.63, 3.8) is 0 Å². The maximum absolute atomic E-state index is 12.8. The zero-order chi connectivity index (χ0) is 22.0. The first-order valence-electron chi connectivity index (χ1n) is 9.11. The molecule has 0 bridgehead atoms. The van der Waals surface area contributed by atoms with Crippen LogP contribution in [0.5, 0.6) is 5.75 Å². The molecule has 1 aliphatic heterocycles. The van der Waals surface area contributed by atoms with Crippen molar-refractivity contribution >= 4 is 73.8 Å². The van der Waals surface area contributed by atoms with E-state index in [1.807, 2.05) is 30.3 Å². The standard InChI is InChI=1S/C23H14BrCl2NO3S/c24-18-10-15(11-19(26)21(18)30-13-14-4-2-1-3-5-14)12-20-22(28)27(23(29)31-20)17-8-6-16(25)7-9-17/h1-12H,13H2/b20-12+. The van der Waals surface area contributed by atoms with Crippen LogP contribution in [0.2, 0.25) is 10.0 Å². The van der Waals surface area contributed by atoms with Crippen LogP contribution in [-0.2, 0) is 11.4 Å². The summed E-state index contributed by atoms with van der Waals surface area (Å²) in [5.74, 6) is 0.117. The first-order chi connectivity index (χ1) is 14.9. The highest BCUT2D eigenvalue weighted by molar-refractivity contribution is 9.10. The summed E-state index contributed by atoms with van der Waals surface area (Å²) in [6.07, 6.45) is 1.64. The van der Waals surface area contributed by atoms with Crippen LogP contribution in [0.3, 0.4) is 0 Å². The zero-order valence-electron chi connectivity index (χ0n) is 15.8. The predicted molar refractivity (Wildman–Crippen MR) is 130 cm³/mol. The fraction of sp³-hybridized carbons (Fsp3) is 0.0435. The van der Waals surface area contributed by atoms with E-state index in [4.69, 9.17) is 27.9 Å². The Labute approximate surface area is 201 Å². The summed E-state index contributed by atoms with van der Waals surface area (Å²) in [5, 5.41) is 0.556. The molecule has 0 aliphatic carbocycles. The van der Waals surface area contributed by atoms with Gasteiger partial charge in [-0.1, -0.05) is 53.5 Å². The third kappa shape index (κ3) is 4.99. The Morgan fingerprint density at radius 3 is 2.39 bits per heavy atom. The van der Waals surface area contributed by atoms with Crippen molar-refractivity contribution in [2.45, 2.75) is 6.61 Å². The Morgan fingerprint density at radius 2 is 1.71 bits per heavy atom. The van der Waals surface area contributed by atoms with Gasteiger partial charge in [-0.15, -0.1) is 0 Å². The number of rotatable bonds is 5. The molecule has 31 heavy (non-hydrogen) atoms. The van der Waals surface area contributed by atoms with E-state index in [0.29, 0.717) is 43.0 Å². The predicted octanol–water partition coefficient (Wildman–Crippen LogP) is 7.58. The molecule has 156 valence electrons. The Balaban J connectivity index is 1.55. The second kappa shape index (κ2) is 9.49. The van der Waals surface area contributed by atoms with Gasteiger partial charge < -0.3 is 4.74 Å². The molecule has 1 fully saturated rings. The molecular formula is C23H14BrCl2NO3S. The van der Waals surface area contributed by atoms with E-state index in [-0.39, 0.29) is 5.24 Å². The van der Waals surface area contributed by atoms with E-state index in [2.05, 4.69) is 15.9 Å². The number of carbonyl (C=O) groups excluding carboxylic acids is 2. The highest BCUT2D eigenvalue weighted by atomic mass is 79.9. The van der Waals surface area contributed by atoms with Crippen molar-refractivity contribution in [2.75, 3.05) is 4.90 Å². The lowest BCUT2D eigenvalue weighted by Gasteiger charge is -2.12. The van der Waals surface area contributed by atoms with Crippen LogP contribution in [0.15, 0.2) is 76.1 Å². The van der Waals surface area contributed by atoms with Crippen molar-refractivity contribution < 1.29 is 14.3 Å². The van der Waals surface area contributed by atoms with Crippen molar-refractivity contribution in [3.8, 4) is 5.75 Å². The maximum atomic E-state index is 12.8. The number of hydrogen-bond acceptors (Lipinski definition) is 4. The van der Waals surface area contributed by atoms with Crippen molar-refractivity contribution in [2.24, 2.45) is 0 Å². The number of carbonyl (C=O) groups is 2. The van der Waals surface area contributed by atoms with E-state index in [0.717, 1.165) is 22.2 Å². The Bertz CT molecular complexity index is 1160. The van der Waals surface area contributed by atoms with Crippen molar-refractivity contribution in [3.05, 3.63) is 97.3 Å². The van der Waals surface area contributed by atoms with Gasteiger partial charge in [0.1, 0.15) is 6.61 Å². The second-order valence-corrected chi connectivity index (χ2v) is 9.27. The van der Waals surface area contributed by atoms with Gasteiger partial charge in [-0.3, -0.25) is 9.59 Å². The van der Waals surface area contributed by atoms with Crippen molar-refractivity contribution in [1.82, 2.24) is 0 Å². The maximum Gasteiger partial charge on any atom is 0.298 e. The van der Waals surface area contributed by atoms with Gasteiger partial charge in [0.2, 0.25) is 0 Å². The molecule has 1 saturated heterocycles. The van der Waals surface area contributed by atoms with Gasteiger partial charge >= 0.3 is 0 Å². The topological polar surface area (TPSA) is 46.6 Å². The van der Waals surface area contributed by atoms with Crippen LogP contribution in [0.25, 0.3) is 6.08 Å². The van der Waals surface area contributed by atoms with E-state index in [9.17, 15) is 9.59 Å². The van der Waals surface area contributed by atoms with E-state index < -0.39 is 5.91 Å². The molecule has 1 aliphatic rings. The molecule has 0 spiro atoms. The number of nitrogens with zero attached hydrogens (tertiary/aromatic N) is 1. The Kier molecular flexibility index (Phi) is 6.72. The monoisotopic (exact) mass is 533 g/mol. The first kappa shape index (κ1) is 22.0. The number of ether oxygens (including phenoxy) is 1. The molecule has 3 aromatic rings. The van der Waals surface area contributed by atoms with Crippen LogP contribution in [-0.4, -0.2) is 11.1 Å². The van der Waals surface area contributed by atoms with Crippen LogP contribution < -0.4 is 9.64 Å². The molecule has 4 rings (SSSR count). The minimum atomic E-state index is -0.394. The molecule has 3 aromatic carbocycles. The minimum absolute atomic E-state index is 0.306. The van der Waals surface area contributed by atoms with Gasteiger partial charge in [-0.05, 0) is 81.3 Å². The lowest BCUT2D eigenvalue weighted by Crippen LogP contribution is -2.27. The van der Waals surface area contributed by atoms with Crippen LogP contribution in [0.4, 0.5) is 10.5 Å². The number of amides is 2. The van der Waals surface area contributed by atoms with Gasteiger partial charge in [0, 0.05) is 5.02 Å². The summed E-state index contributed by atoms with van der Waals surface area (Å²) in [7, 11) is 0. The van der Waals surface area contributed by atoms with Gasteiger partial charge in [-0.25, -0.2) is 4.90 Å². The largest absolute Gasteiger partial charge is 0.486 e. The number of halogens is 3. The van der Waals surface area contributed by atoms with E-state index >= 15 is 0 Å². The van der Waals surface area contributed by atoms with Crippen LogP contribution in [0.1, 0.15) is 11.1 Å². The number of hydrogen-bond donors (Lipinski definition) is 0. The fourth-order valence-electron chi connectivity index (χ4n) is 2.96. The Morgan fingerprint density at radius 1 is 1.00 bits per heavy atom. The molecule has 1 heterocycles. The van der Waals surface area contributed by atoms with E-state index in [1.54, 1.807) is 42.5 Å². The van der Waals surface area contributed by atoms with Crippen LogP contribution in [0, 0.1) is 0 Å². The molecule has 4 nitrogen and oxygen atoms in total. The second-order valence-electron chi connectivity index (χ2n) is 6.58. The molecule has 8 heteroatoms. The third-order valence-corrected chi connectivity index (χ3v) is 6.41. The quantitative estimate of drug-likeness (QED) is 0.316. The van der Waals surface area contributed by atoms with Crippen LogP contribution >= 0.6 is 50.9 Å². The lowest BCUT2D eigenvalue weighted by atomic mass is 10.2. The summed E-state index contributed by atoms with van der Waals surface area (Å²) in [4.78, 5) is 26.7. The average Bonchev–Trinajstić information content (AvgIpc) is 3.02. The normalized spacial score (nSPS) is 15.1. The molecule has 0 saturated carbocycles. The summed E-state index contributed by atoms with van der Waals surface area (Å²) in [6, 6.07) is 19.8. The molecule has 0 aromatic heterocycles. The number of benzene rings is 3. The summed E-state index contributed by atoms with van der Waals surface area (Å²) < 4.78 is 6.51. The molecule has 0 atom stereocenters. The summed E-state index contributed by atoms with van der Waals surface area (Å²) >= 11 is 16.7. The Hall–Kier alpha value is -2.25. The van der Waals surface area contributed by atoms with Gasteiger partial charge in [-0.2, -0.15) is 0 Å². The molecular weight excluding hydrogens is 521 g/mol. The summed E-state index contributed by atoms with van der Waals surface area (Å²) in [6.45, 7) is 0.373. The smallest absolute Gasteiger partial charge is 0.298 e. The lowest BCUT2D eigenvalue weighted by molar-refractivity contribution is -0.113. The average molecular weight is 535 g/mol. The van der Waals surface area contributed by atoms with Gasteiger partial charge in [0.05, 0.1) is 20.1 Å². The molecule has 2 amide bonds. The summed E-state index contributed by atoms with van der Waals surface area (Å²) in [5.41, 5.74) is 2.16. The highest BCUT2D eigenvalue weighted by Gasteiger charge is 2.36. The molecule has 0 N–H and O–H groups in total. The third-order valence-electron chi connectivity index (χ3n) is 4.42.